The Kier molecular flexibility index (Phi) is 8.40. The Labute approximate surface area is 191 Å². The number of amides is 1. The summed E-state index contributed by atoms with van der Waals surface area (Å²) in [4.78, 5) is 17.0. The molecule has 0 spiro atoms. The van der Waals surface area contributed by atoms with Crippen LogP contribution in [-0.4, -0.2) is 62.7 Å². The molecule has 2 N–H and O–H groups in total. The quantitative estimate of drug-likeness (QED) is 0.561. The minimum absolute atomic E-state index is 0.0302. The van der Waals surface area contributed by atoms with Gasteiger partial charge in [0.1, 0.15) is 12.4 Å². The molecule has 2 aromatic carbocycles. The van der Waals surface area contributed by atoms with Crippen LogP contribution in [0.1, 0.15) is 31.2 Å². The summed E-state index contributed by atoms with van der Waals surface area (Å²) >= 11 is 0. The molecule has 6 heteroatoms. The molecule has 1 amide bonds. The predicted molar refractivity (Wildman–Crippen MR) is 129 cm³/mol. The van der Waals surface area contributed by atoms with Gasteiger partial charge in [0, 0.05) is 32.7 Å². The highest BCUT2D eigenvalue weighted by atomic mass is 16.5. The lowest BCUT2D eigenvalue weighted by molar-refractivity contribution is -0.122. The highest BCUT2D eigenvalue weighted by Gasteiger charge is 2.22. The van der Waals surface area contributed by atoms with Crippen molar-refractivity contribution in [1.82, 2.24) is 15.5 Å². The fourth-order valence-corrected chi connectivity index (χ4v) is 4.49. The number of para-hydroxylation sites is 2. The average molecular weight is 437 g/mol. The first-order valence-electron chi connectivity index (χ1n) is 12.0. The molecule has 4 rings (SSSR count). The standard InChI is InChI=1S/C26H36N4O2/c31-26(23-11-8-15-27-23)28-14-6-7-16-29-17-19-30(20-18-29)24-12-4-5-13-25(24)32-21-22-9-2-1-3-10-22/h1-5,9-10,12-13,23,27H,6-8,11,14-21H2,(H,28,31). The number of ether oxygens (including phenoxy) is 1. The van der Waals surface area contributed by atoms with Crippen molar-refractivity contribution >= 4 is 11.6 Å². The van der Waals surface area contributed by atoms with E-state index in [1.54, 1.807) is 0 Å². The van der Waals surface area contributed by atoms with Crippen LogP contribution in [0.25, 0.3) is 0 Å². The van der Waals surface area contributed by atoms with Gasteiger partial charge in [-0.05, 0) is 56.5 Å². The molecule has 2 saturated heterocycles. The van der Waals surface area contributed by atoms with Crippen LogP contribution in [0, 0.1) is 0 Å². The molecule has 2 aliphatic heterocycles. The van der Waals surface area contributed by atoms with Crippen LogP contribution < -0.4 is 20.3 Å². The molecule has 0 aromatic heterocycles. The van der Waals surface area contributed by atoms with Gasteiger partial charge in [-0.25, -0.2) is 0 Å². The van der Waals surface area contributed by atoms with Crippen molar-refractivity contribution in [3.63, 3.8) is 0 Å². The fourth-order valence-electron chi connectivity index (χ4n) is 4.49. The van der Waals surface area contributed by atoms with Gasteiger partial charge in [-0.3, -0.25) is 9.69 Å². The predicted octanol–water partition coefficient (Wildman–Crippen LogP) is 3.04. The summed E-state index contributed by atoms with van der Waals surface area (Å²) in [5, 5.41) is 6.33. The molecule has 32 heavy (non-hydrogen) atoms. The second-order valence-corrected chi connectivity index (χ2v) is 8.72. The lowest BCUT2D eigenvalue weighted by Crippen LogP contribution is -2.46. The number of rotatable bonds is 10. The number of benzene rings is 2. The molecule has 2 aliphatic rings. The Balaban J connectivity index is 1.16. The van der Waals surface area contributed by atoms with E-state index in [-0.39, 0.29) is 11.9 Å². The van der Waals surface area contributed by atoms with Crippen LogP contribution in [0.2, 0.25) is 0 Å². The van der Waals surface area contributed by atoms with E-state index in [0.29, 0.717) is 6.61 Å². The summed E-state index contributed by atoms with van der Waals surface area (Å²) in [6.07, 6.45) is 4.23. The van der Waals surface area contributed by atoms with Gasteiger partial charge in [0.05, 0.1) is 11.7 Å². The molecule has 2 heterocycles. The molecule has 0 bridgehead atoms. The van der Waals surface area contributed by atoms with Crippen LogP contribution in [0.5, 0.6) is 5.75 Å². The van der Waals surface area contributed by atoms with Gasteiger partial charge in [-0.2, -0.15) is 0 Å². The summed E-state index contributed by atoms with van der Waals surface area (Å²) in [5.74, 6) is 1.13. The summed E-state index contributed by atoms with van der Waals surface area (Å²) in [7, 11) is 0. The molecule has 0 radical (unpaired) electrons. The van der Waals surface area contributed by atoms with Gasteiger partial charge in [0.15, 0.2) is 0 Å². The molecule has 172 valence electrons. The van der Waals surface area contributed by atoms with Crippen LogP contribution in [0.4, 0.5) is 5.69 Å². The average Bonchev–Trinajstić information content (AvgIpc) is 3.39. The Morgan fingerprint density at radius 1 is 1.00 bits per heavy atom. The number of nitrogens with one attached hydrogen (secondary N) is 2. The van der Waals surface area contributed by atoms with E-state index < -0.39 is 0 Å². The van der Waals surface area contributed by atoms with Gasteiger partial charge in [0.2, 0.25) is 5.91 Å². The van der Waals surface area contributed by atoms with Crippen molar-refractivity contribution in [2.75, 3.05) is 50.7 Å². The van der Waals surface area contributed by atoms with Crippen LogP contribution >= 0.6 is 0 Å². The van der Waals surface area contributed by atoms with E-state index in [1.807, 2.05) is 24.3 Å². The molecule has 0 aliphatic carbocycles. The second kappa shape index (κ2) is 11.9. The Morgan fingerprint density at radius 2 is 1.78 bits per heavy atom. The smallest absolute Gasteiger partial charge is 0.237 e. The summed E-state index contributed by atoms with van der Waals surface area (Å²) < 4.78 is 6.16. The third-order valence-corrected chi connectivity index (χ3v) is 6.39. The molecule has 6 nitrogen and oxygen atoms in total. The number of carbonyl (C=O) groups is 1. The van der Waals surface area contributed by atoms with Gasteiger partial charge < -0.3 is 20.3 Å². The van der Waals surface area contributed by atoms with Gasteiger partial charge >= 0.3 is 0 Å². The Morgan fingerprint density at radius 3 is 2.56 bits per heavy atom. The summed E-state index contributed by atoms with van der Waals surface area (Å²) in [6.45, 7) is 7.57. The first kappa shape index (κ1) is 22.6. The van der Waals surface area contributed by atoms with Crippen molar-refractivity contribution in [2.24, 2.45) is 0 Å². The molecule has 2 fully saturated rings. The molecular formula is C26H36N4O2. The third kappa shape index (κ3) is 6.47. The van der Waals surface area contributed by atoms with E-state index in [9.17, 15) is 4.79 Å². The summed E-state index contributed by atoms with van der Waals surface area (Å²) in [5.41, 5.74) is 2.37. The van der Waals surface area contributed by atoms with Crippen molar-refractivity contribution in [3.05, 3.63) is 60.2 Å². The van der Waals surface area contributed by atoms with Gasteiger partial charge in [-0.1, -0.05) is 42.5 Å². The SMILES string of the molecule is O=C(NCCCCN1CCN(c2ccccc2OCc2ccccc2)CC1)C1CCCN1. The lowest BCUT2D eigenvalue weighted by Gasteiger charge is -2.36. The zero-order valence-corrected chi connectivity index (χ0v) is 19.0. The second-order valence-electron chi connectivity index (χ2n) is 8.72. The van der Waals surface area contributed by atoms with Crippen molar-refractivity contribution in [2.45, 2.75) is 38.3 Å². The maximum Gasteiger partial charge on any atom is 0.237 e. The number of carbonyl (C=O) groups excluding carboxylic acids is 1. The fraction of sp³-hybridized carbons (Fsp3) is 0.500. The number of piperazine rings is 1. The molecule has 2 aromatic rings. The summed E-state index contributed by atoms with van der Waals surface area (Å²) in [6, 6.07) is 18.7. The van der Waals surface area contributed by atoms with Crippen LogP contribution in [0.3, 0.4) is 0 Å². The number of hydrogen-bond acceptors (Lipinski definition) is 5. The highest BCUT2D eigenvalue weighted by molar-refractivity contribution is 5.81. The molecule has 1 atom stereocenters. The largest absolute Gasteiger partial charge is 0.487 e. The van der Waals surface area contributed by atoms with E-state index in [4.69, 9.17) is 4.74 Å². The monoisotopic (exact) mass is 436 g/mol. The maximum absolute atomic E-state index is 12.0. The van der Waals surface area contributed by atoms with Gasteiger partial charge in [0.25, 0.3) is 0 Å². The van der Waals surface area contributed by atoms with E-state index in [0.717, 1.165) is 77.2 Å². The minimum Gasteiger partial charge on any atom is -0.487 e. The molecule has 0 saturated carbocycles. The Hall–Kier alpha value is -2.57. The first-order valence-corrected chi connectivity index (χ1v) is 12.0. The highest BCUT2D eigenvalue weighted by Crippen LogP contribution is 2.29. The lowest BCUT2D eigenvalue weighted by atomic mass is 10.2. The Bertz CT molecular complexity index is 831. The zero-order valence-electron chi connectivity index (χ0n) is 19.0. The van der Waals surface area contributed by atoms with Gasteiger partial charge in [-0.15, -0.1) is 0 Å². The van der Waals surface area contributed by atoms with E-state index >= 15 is 0 Å². The maximum atomic E-state index is 12.0. The van der Waals surface area contributed by atoms with Crippen LogP contribution in [0.15, 0.2) is 54.6 Å². The van der Waals surface area contributed by atoms with E-state index in [2.05, 4.69) is 50.8 Å². The molecular weight excluding hydrogens is 400 g/mol. The normalized spacial score (nSPS) is 19.1. The number of nitrogens with zero attached hydrogens (tertiary/aromatic N) is 2. The number of hydrogen-bond donors (Lipinski definition) is 2. The van der Waals surface area contributed by atoms with Crippen molar-refractivity contribution in [1.29, 1.82) is 0 Å². The first-order chi connectivity index (χ1) is 15.8. The number of unbranched alkanes of at least 4 members (excludes halogenated alkanes) is 1. The minimum atomic E-state index is 0.0302. The topological polar surface area (TPSA) is 56.8 Å². The zero-order chi connectivity index (χ0) is 22.0. The van der Waals surface area contributed by atoms with Crippen LogP contribution in [-0.2, 0) is 11.4 Å². The third-order valence-electron chi connectivity index (χ3n) is 6.39. The van der Waals surface area contributed by atoms with Crippen molar-refractivity contribution in [3.8, 4) is 5.75 Å². The molecule has 1 unspecified atom stereocenters. The van der Waals surface area contributed by atoms with Crippen molar-refractivity contribution < 1.29 is 9.53 Å². The van der Waals surface area contributed by atoms with E-state index in [1.165, 1.54) is 11.3 Å². The number of anilines is 1.